The van der Waals surface area contributed by atoms with Crippen molar-refractivity contribution in [3.8, 4) is 6.07 Å². The van der Waals surface area contributed by atoms with Crippen LogP contribution in [-0.4, -0.2) is 17.7 Å². The van der Waals surface area contributed by atoms with E-state index in [1.54, 1.807) is 25.1 Å². The second-order valence-corrected chi connectivity index (χ2v) is 5.54. The molecule has 0 radical (unpaired) electrons. The lowest BCUT2D eigenvalue weighted by Crippen LogP contribution is -2.45. The highest BCUT2D eigenvalue weighted by atomic mass is 32.1. The Morgan fingerprint density at radius 1 is 1.43 bits per heavy atom. The number of carbonyl (C=O) groups is 1. The fourth-order valence-electron chi connectivity index (χ4n) is 2.55. The first kappa shape index (κ1) is 17.0. The third-order valence-corrected chi connectivity index (χ3v) is 3.72. The molecule has 0 bridgehead atoms. The molecule has 0 amide bonds. The molecule has 2 rings (SSSR count). The number of nitriles is 1. The molecule has 0 aromatic heterocycles. The Balaban J connectivity index is 2.52. The van der Waals surface area contributed by atoms with E-state index in [0.717, 1.165) is 17.7 Å². The molecule has 0 saturated carbocycles. The summed E-state index contributed by atoms with van der Waals surface area (Å²) in [6.45, 7) is 4.11. The third kappa shape index (κ3) is 3.88. The van der Waals surface area contributed by atoms with Gasteiger partial charge in [-0.15, -0.1) is 0 Å². The summed E-state index contributed by atoms with van der Waals surface area (Å²) in [6, 6.07) is 8.84. The smallest absolute Gasteiger partial charge is 0.338 e. The normalized spacial score (nSPS) is 17.1. The molecule has 5 nitrogen and oxygen atoms in total. The Bertz CT molecular complexity index is 691. The van der Waals surface area contributed by atoms with Crippen molar-refractivity contribution in [3.05, 3.63) is 46.7 Å². The highest BCUT2D eigenvalue weighted by molar-refractivity contribution is 7.80. The fraction of sp³-hybridized carbons (Fsp3) is 0.353. The van der Waals surface area contributed by atoms with Crippen LogP contribution < -0.4 is 10.6 Å². The number of hydrogen-bond donors (Lipinski definition) is 2. The Kier molecular flexibility index (Phi) is 5.72. The summed E-state index contributed by atoms with van der Waals surface area (Å²) in [6.07, 6.45) is 1.57. The number of nitrogens with one attached hydrogen (secondary N) is 2. The van der Waals surface area contributed by atoms with Crippen LogP contribution in [0.3, 0.4) is 0 Å². The van der Waals surface area contributed by atoms with Gasteiger partial charge in [0.25, 0.3) is 0 Å². The molecular weight excluding hydrogens is 310 g/mol. The van der Waals surface area contributed by atoms with Gasteiger partial charge < -0.3 is 15.4 Å². The van der Waals surface area contributed by atoms with E-state index < -0.39 is 6.04 Å². The van der Waals surface area contributed by atoms with Gasteiger partial charge in [-0.25, -0.2) is 4.79 Å². The van der Waals surface area contributed by atoms with Crippen LogP contribution in [0.2, 0.25) is 0 Å². The van der Waals surface area contributed by atoms with Crippen molar-refractivity contribution in [2.75, 3.05) is 6.61 Å². The van der Waals surface area contributed by atoms with Gasteiger partial charge in [-0.3, -0.25) is 0 Å². The number of rotatable bonds is 5. The molecule has 1 aliphatic heterocycles. The van der Waals surface area contributed by atoms with Crippen LogP contribution in [0.1, 0.15) is 43.9 Å². The molecule has 0 fully saturated rings. The molecule has 1 heterocycles. The lowest BCUT2D eigenvalue weighted by Gasteiger charge is -2.31. The van der Waals surface area contributed by atoms with Gasteiger partial charge in [-0.2, -0.15) is 5.26 Å². The Labute approximate surface area is 141 Å². The van der Waals surface area contributed by atoms with Crippen molar-refractivity contribution >= 4 is 23.3 Å². The maximum Gasteiger partial charge on any atom is 0.338 e. The van der Waals surface area contributed by atoms with Crippen LogP contribution in [0.5, 0.6) is 0 Å². The lowest BCUT2D eigenvalue weighted by molar-refractivity contribution is -0.139. The van der Waals surface area contributed by atoms with Crippen LogP contribution in [0, 0.1) is 11.3 Å². The number of hydrogen-bond acceptors (Lipinski definition) is 4. The zero-order valence-electron chi connectivity index (χ0n) is 13.2. The van der Waals surface area contributed by atoms with Crippen LogP contribution in [0.25, 0.3) is 0 Å². The van der Waals surface area contributed by atoms with E-state index in [0.29, 0.717) is 29.3 Å². The molecule has 2 N–H and O–H groups in total. The maximum absolute atomic E-state index is 12.5. The first-order valence-corrected chi connectivity index (χ1v) is 7.99. The van der Waals surface area contributed by atoms with Crippen molar-refractivity contribution in [2.24, 2.45) is 0 Å². The lowest BCUT2D eigenvalue weighted by atomic mass is 9.93. The Morgan fingerprint density at radius 3 is 2.87 bits per heavy atom. The van der Waals surface area contributed by atoms with Gasteiger partial charge in [0.2, 0.25) is 0 Å². The van der Waals surface area contributed by atoms with E-state index >= 15 is 0 Å². The first-order chi connectivity index (χ1) is 11.1. The van der Waals surface area contributed by atoms with Crippen molar-refractivity contribution in [3.63, 3.8) is 0 Å². The molecule has 120 valence electrons. The fourth-order valence-corrected chi connectivity index (χ4v) is 2.79. The van der Waals surface area contributed by atoms with E-state index in [-0.39, 0.29) is 5.97 Å². The quantitative estimate of drug-likeness (QED) is 0.639. The predicted octanol–water partition coefficient (Wildman–Crippen LogP) is 2.69. The molecule has 1 unspecified atom stereocenters. The van der Waals surface area contributed by atoms with Gasteiger partial charge in [0.1, 0.15) is 0 Å². The van der Waals surface area contributed by atoms with Gasteiger partial charge in [0.05, 0.1) is 29.9 Å². The van der Waals surface area contributed by atoms with E-state index in [9.17, 15) is 4.79 Å². The standard InChI is InChI=1S/C17H19N3O2S/c1-3-6-13-14(16(21)22-4-2)15(20-17(23)19-13)12-8-5-7-11(9-12)10-18/h5,7-9,15H,3-4,6H2,1-2H3,(H2,19,20,23). The van der Waals surface area contributed by atoms with Crippen LogP contribution in [-0.2, 0) is 9.53 Å². The minimum atomic E-state index is -0.419. The molecular formula is C17H19N3O2S. The number of ether oxygens (including phenoxy) is 1. The SMILES string of the molecule is CCCC1=C(C(=O)OCC)C(c2cccc(C#N)c2)NC(=S)N1. The average molecular weight is 329 g/mol. The van der Waals surface area contributed by atoms with Crippen LogP contribution in [0.4, 0.5) is 0 Å². The maximum atomic E-state index is 12.5. The first-order valence-electron chi connectivity index (χ1n) is 7.58. The monoisotopic (exact) mass is 329 g/mol. The summed E-state index contributed by atoms with van der Waals surface area (Å²) < 4.78 is 5.22. The number of thiocarbonyl (C=S) groups is 1. The zero-order chi connectivity index (χ0) is 16.8. The van der Waals surface area contributed by atoms with Crippen molar-refractivity contribution in [1.29, 1.82) is 5.26 Å². The molecule has 0 saturated heterocycles. The molecule has 1 aromatic carbocycles. The zero-order valence-corrected chi connectivity index (χ0v) is 14.0. The molecule has 1 atom stereocenters. The molecule has 1 aromatic rings. The van der Waals surface area contributed by atoms with Crippen molar-refractivity contribution < 1.29 is 9.53 Å². The van der Waals surface area contributed by atoms with E-state index in [4.69, 9.17) is 22.2 Å². The highest BCUT2D eigenvalue weighted by Gasteiger charge is 2.32. The number of carbonyl (C=O) groups excluding carboxylic acids is 1. The summed E-state index contributed by atoms with van der Waals surface area (Å²) in [5, 5.41) is 15.7. The Hall–Kier alpha value is -2.39. The second-order valence-electron chi connectivity index (χ2n) is 5.13. The summed E-state index contributed by atoms with van der Waals surface area (Å²) in [4.78, 5) is 12.5. The van der Waals surface area contributed by atoms with E-state index in [2.05, 4.69) is 16.7 Å². The minimum Gasteiger partial charge on any atom is -0.463 e. The van der Waals surface area contributed by atoms with Gasteiger partial charge in [-0.05, 0) is 43.3 Å². The molecule has 0 spiro atoms. The summed E-state index contributed by atoms with van der Waals surface area (Å²) in [5.41, 5.74) is 2.65. The molecule has 23 heavy (non-hydrogen) atoms. The minimum absolute atomic E-state index is 0.303. The van der Waals surface area contributed by atoms with E-state index in [1.807, 2.05) is 13.0 Å². The summed E-state index contributed by atoms with van der Waals surface area (Å²) in [7, 11) is 0. The van der Waals surface area contributed by atoms with Crippen molar-refractivity contribution in [2.45, 2.75) is 32.7 Å². The third-order valence-electron chi connectivity index (χ3n) is 3.50. The van der Waals surface area contributed by atoms with Gasteiger partial charge >= 0.3 is 5.97 Å². The molecule has 6 heteroatoms. The molecule has 0 aliphatic carbocycles. The number of esters is 1. The van der Waals surface area contributed by atoms with Gasteiger partial charge in [0, 0.05) is 5.70 Å². The van der Waals surface area contributed by atoms with E-state index in [1.165, 1.54) is 0 Å². The topological polar surface area (TPSA) is 74.2 Å². The average Bonchev–Trinajstić information content (AvgIpc) is 2.55. The second kappa shape index (κ2) is 7.75. The van der Waals surface area contributed by atoms with Crippen LogP contribution in [0.15, 0.2) is 35.5 Å². The summed E-state index contributed by atoms with van der Waals surface area (Å²) in [5.74, 6) is -0.370. The predicted molar refractivity (Wildman–Crippen MR) is 91.3 cm³/mol. The highest BCUT2D eigenvalue weighted by Crippen LogP contribution is 2.29. The van der Waals surface area contributed by atoms with Gasteiger partial charge in [0.15, 0.2) is 5.11 Å². The largest absolute Gasteiger partial charge is 0.463 e. The van der Waals surface area contributed by atoms with Crippen molar-refractivity contribution in [1.82, 2.24) is 10.6 Å². The number of nitrogens with zero attached hydrogens (tertiary/aromatic N) is 1. The number of benzene rings is 1. The Morgan fingerprint density at radius 2 is 2.22 bits per heavy atom. The summed E-state index contributed by atoms with van der Waals surface area (Å²) >= 11 is 5.27. The molecule has 1 aliphatic rings. The number of allylic oxidation sites excluding steroid dienone is 1. The van der Waals surface area contributed by atoms with Gasteiger partial charge in [-0.1, -0.05) is 25.5 Å². The van der Waals surface area contributed by atoms with Crippen LogP contribution >= 0.6 is 12.2 Å².